The van der Waals surface area contributed by atoms with Crippen molar-refractivity contribution in [1.82, 2.24) is 13.9 Å². The van der Waals surface area contributed by atoms with E-state index in [1.54, 1.807) is 18.2 Å². The van der Waals surface area contributed by atoms with Gasteiger partial charge in [-0.1, -0.05) is 32.0 Å². The molecule has 170 valence electrons. The number of rotatable bonds is 7. The number of benzene rings is 2. The van der Waals surface area contributed by atoms with Gasteiger partial charge in [0.05, 0.1) is 15.9 Å². The summed E-state index contributed by atoms with van der Waals surface area (Å²) in [5, 5.41) is 0. The number of carbonyl (C=O) groups excluding carboxylic acids is 1. The Bertz CT molecular complexity index is 1260. The first kappa shape index (κ1) is 22.5. The van der Waals surface area contributed by atoms with Crippen LogP contribution in [-0.2, 0) is 34.7 Å². The molecule has 0 aliphatic carbocycles. The number of nitrogens with zero attached hydrogens (tertiary/aromatic N) is 4. The van der Waals surface area contributed by atoms with Gasteiger partial charge in [-0.15, -0.1) is 0 Å². The standard InChI is InChI=1S/C24H30N4O3S/c1-5-27(6-2)32(30,31)19-11-12-22-20(16-19)25-23(26(22)4)13-14-24(29)28-17(3)15-18-9-7-8-10-21(18)28/h7-12,16-17H,5-6,13-15H2,1-4H3. The molecule has 0 spiro atoms. The van der Waals surface area contributed by atoms with Gasteiger partial charge < -0.3 is 9.47 Å². The fourth-order valence-electron chi connectivity index (χ4n) is 4.61. The van der Waals surface area contributed by atoms with E-state index >= 15 is 0 Å². The first-order valence-electron chi connectivity index (χ1n) is 11.1. The number of sulfonamides is 1. The van der Waals surface area contributed by atoms with E-state index in [2.05, 4.69) is 18.0 Å². The van der Waals surface area contributed by atoms with Crippen molar-refractivity contribution >= 4 is 32.7 Å². The molecule has 1 atom stereocenters. The zero-order valence-corrected chi connectivity index (χ0v) is 19.9. The fraction of sp³-hybridized carbons (Fsp3) is 0.417. The van der Waals surface area contributed by atoms with Crippen LogP contribution in [0.15, 0.2) is 47.4 Å². The zero-order valence-electron chi connectivity index (χ0n) is 19.1. The lowest BCUT2D eigenvalue weighted by molar-refractivity contribution is -0.118. The Kier molecular flexibility index (Phi) is 6.09. The van der Waals surface area contributed by atoms with Crippen molar-refractivity contribution < 1.29 is 13.2 Å². The molecule has 1 aliphatic rings. The van der Waals surface area contributed by atoms with E-state index < -0.39 is 10.0 Å². The summed E-state index contributed by atoms with van der Waals surface area (Å²) in [5.74, 6) is 0.852. The van der Waals surface area contributed by atoms with Gasteiger partial charge in [0, 0.05) is 44.7 Å². The Labute approximate surface area is 189 Å². The minimum absolute atomic E-state index is 0.0827. The smallest absolute Gasteiger partial charge is 0.243 e. The number of imidazole rings is 1. The van der Waals surface area contributed by atoms with E-state index in [9.17, 15) is 13.2 Å². The van der Waals surface area contributed by atoms with Crippen LogP contribution in [0.2, 0.25) is 0 Å². The Morgan fingerprint density at radius 2 is 1.88 bits per heavy atom. The summed E-state index contributed by atoms with van der Waals surface area (Å²) < 4.78 is 29.1. The van der Waals surface area contributed by atoms with E-state index in [-0.39, 0.29) is 16.8 Å². The van der Waals surface area contributed by atoms with E-state index in [1.807, 2.05) is 48.6 Å². The molecule has 1 unspecified atom stereocenters. The number of amides is 1. The summed E-state index contributed by atoms with van der Waals surface area (Å²) in [5.41, 5.74) is 3.69. The number of anilines is 1. The Hall–Kier alpha value is -2.71. The van der Waals surface area contributed by atoms with Crippen LogP contribution < -0.4 is 4.90 Å². The van der Waals surface area contributed by atoms with Crippen molar-refractivity contribution in [1.29, 1.82) is 0 Å². The van der Waals surface area contributed by atoms with Gasteiger partial charge in [0.2, 0.25) is 15.9 Å². The molecule has 1 amide bonds. The molecule has 8 heteroatoms. The second-order valence-corrected chi connectivity index (χ2v) is 10.2. The first-order valence-corrected chi connectivity index (χ1v) is 12.6. The molecule has 0 saturated carbocycles. The van der Waals surface area contributed by atoms with Gasteiger partial charge in [-0.2, -0.15) is 4.31 Å². The van der Waals surface area contributed by atoms with E-state index in [0.29, 0.717) is 31.4 Å². The average molecular weight is 455 g/mol. The van der Waals surface area contributed by atoms with Gasteiger partial charge in [0.25, 0.3) is 0 Å². The van der Waals surface area contributed by atoms with Gasteiger partial charge in [-0.3, -0.25) is 4.79 Å². The number of aromatic nitrogens is 2. The SMILES string of the molecule is CCN(CC)S(=O)(=O)c1ccc2c(c1)nc(CCC(=O)N1c3ccccc3CC1C)n2C. The highest BCUT2D eigenvalue weighted by atomic mass is 32.2. The largest absolute Gasteiger partial charge is 0.331 e. The highest BCUT2D eigenvalue weighted by Gasteiger charge is 2.30. The number of hydrogen-bond acceptors (Lipinski definition) is 4. The molecule has 2 heterocycles. The number of hydrogen-bond donors (Lipinski definition) is 0. The van der Waals surface area contributed by atoms with Crippen LogP contribution in [0.25, 0.3) is 11.0 Å². The molecular formula is C24H30N4O3S. The van der Waals surface area contributed by atoms with Crippen molar-refractivity contribution in [2.45, 2.75) is 51.0 Å². The molecule has 0 bridgehead atoms. The predicted octanol–water partition coefficient (Wildman–Crippen LogP) is 3.51. The van der Waals surface area contributed by atoms with Crippen LogP contribution in [0.4, 0.5) is 5.69 Å². The van der Waals surface area contributed by atoms with E-state index in [0.717, 1.165) is 23.4 Å². The third kappa shape index (κ3) is 3.82. The van der Waals surface area contributed by atoms with Gasteiger partial charge >= 0.3 is 0 Å². The summed E-state index contributed by atoms with van der Waals surface area (Å²) in [6.07, 6.45) is 1.71. The number of aryl methyl sites for hydroxylation is 2. The van der Waals surface area contributed by atoms with Gasteiger partial charge in [0.15, 0.2) is 0 Å². The third-order valence-electron chi connectivity index (χ3n) is 6.33. The monoisotopic (exact) mass is 454 g/mol. The van der Waals surface area contributed by atoms with Gasteiger partial charge in [0.1, 0.15) is 5.82 Å². The van der Waals surface area contributed by atoms with Crippen LogP contribution in [0, 0.1) is 0 Å². The second-order valence-electron chi connectivity index (χ2n) is 8.27. The third-order valence-corrected chi connectivity index (χ3v) is 8.37. The molecule has 0 radical (unpaired) electrons. The van der Waals surface area contributed by atoms with E-state index in [1.165, 1.54) is 9.87 Å². The molecule has 1 aromatic heterocycles. The van der Waals surface area contributed by atoms with E-state index in [4.69, 9.17) is 0 Å². The molecule has 2 aromatic carbocycles. The molecule has 0 fully saturated rings. The van der Waals surface area contributed by atoms with Gasteiger partial charge in [-0.05, 0) is 43.2 Å². The highest BCUT2D eigenvalue weighted by Crippen LogP contribution is 2.32. The predicted molar refractivity (Wildman–Crippen MR) is 126 cm³/mol. The number of para-hydroxylation sites is 1. The maximum Gasteiger partial charge on any atom is 0.243 e. The topological polar surface area (TPSA) is 75.5 Å². The van der Waals surface area contributed by atoms with Gasteiger partial charge in [-0.25, -0.2) is 13.4 Å². The lowest BCUT2D eigenvalue weighted by Crippen LogP contribution is -2.35. The molecule has 7 nitrogen and oxygen atoms in total. The van der Waals surface area contributed by atoms with Crippen LogP contribution in [0.3, 0.4) is 0 Å². The second kappa shape index (κ2) is 8.67. The summed E-state index contributed by atoms with van der Waals surface area (Å²) in [6, 6.07) is 13.3. The Morgan fingerprint density at radius 1 is 1.16 bits per heavy atom. The molecular weight excluding hydrogens is 424 g/mol. The minimum Gasteiger partial charge on any atom is -0.331 e. The molecule has 3 aromatic rings. The fourth-order valence-corrected chi connectivity index (χ4v) is 6.09. The number of carbonyl (C=O) groups is 1. The zero-order chi connectivity index (χ0) is 23.0. The molecule has 4 rings (SSSR count). The number of fused-ring (bicyclic) bond motifs is 2. The van der Waals surface area contributed by atoms with Crippen LogP contribution >= 0.6 is 0 Å². The van der Waals surface area contributed by atoms with Crippen molar-refractivity contribution in [3.05, 3.63) is 53.9 Å². The van der Waals surface area contributed by atoms with Crippen molar-refractivity contribution in [3.8, 4) is 0 Å². The highest BCUT2D eigenvalue weighted by molar-refractivity contribution is 7.89. The maximum absolute atomic E-state index is 13.0. The Balaban J connectivity index is 1.56. The lowest BCUT2D eigenvalue weighted by atomic mass is 10.1. The quantitative estimate of drug-likeness (QED) is 0.547. The molecule has 0 N–H and O–H groups in total. The van der Waals surface area contributed by atoms with Crippen molar-refractivity contribution in [2.24, 2.45) is 7.05 Å². The Morgan fingerprint density at radius 3 is 2.59 bits per heavy atom. The molecule has 32 heavy (non-hydrogen) atoms. The first-order chi connectivity index (χ1) is 15.3. The average Bonchev–Trinajstić information content (AvgIpc) is 3.28. The summed E-state index contributed by atoms with van der Waals surface area (Å²) in [4.78, 5) is 19.9. The van der Waals surface area contributed by atoms with Crippen molar-refractivity contribution in [2.75, 3.05) is 18.0 Å². The molecule has 0 saturated heterocycles. The molecule has 1 aliphatic heterocycles. The summed E-state index contributed by atoms with van der Waals surface area (Å²) in [6.45, 7) is 6.57. The van der Waals surface area contributed by atoms with Crippen LogP contribution in [0.1, 0.15) is 38.6 Å². The lowest BCUT2D eigenvalue weighted by Gasteiger charge is -2.22. The minimum atomic E-state index is -3.54. The normalized spacial score (nSPS) is 16.2. The maximum atomic E-state index is 13.0. The van der Waals surface area contributed by atoms with Crippen LogP contribution in [-0.4, -0.2) is 47.3 Å². The summed E-state index contributed by atoms with van der Waals surface area (Å²) >= 11 is 0. The van der Waals surface area contributed by atoms with Crippen molar-refractivity contribution in [3.63, 3.8) is 0 Å². The van der Waals surface area contributed by atoms with Crippen LogP contribution in [0.5, 0.6) is 0 Å². The summed E-state index contributed by atoms with van der Waals surface area (Å²) in [7, 11) is -1.64.